The standard InChI is InChI=1S/C27H34N6O2/c1-16(2)24-25(18-10-19(12-34)27-28-15-29-33(27)11-18)31-23-9-8-22(30-26(23)24)17-4-6-20(7-5-17)32(3)21-13-35-14-21/h8-11,15-17,20-21,31,34H,4-7,12-14H2,1-3H3. The zero-order chi connectivity index (χ0) is 24.1. The minimum atomic E-state index is -0.0820. The van der Waals surface area contributed by atoms with Crippen LogP contribution in [-0.2, 0) is 11.3 Å². The highest BCUT2D eigenvalue weighted by molar-refractivity contribution is 5.88. The average Bonchev–Trinajstić information content (AvgIpc) is 3.46. The molecule has 2 N–H and O–H groups in total. The van der Waals surface area contributed by atoms with Crippen LogP contribution in [0.1, 0.15) is 68.2 Å². The number of aromatic amines is 1. The number of hydrogen-bond acceptors (Lipinski definition) is 6. The van der Waals surface area contributed by atoms with Gasteiger partial charge in [-0.1, -0.05) is 13.8 Å². The van der Waals surface area contributed by atoms with Crippen molar-refractivity contribution in [1.82, 2.24) is 29.5 Å². The van der Waals surface area contributed by atoms with Gasteiger partial charge in [0.1, 0.15) is 6.33 Å². The summed E-state index contributed by atoms with van der Waals surface area (Å²) in [6, 6.07) is 7.66. The van der Waals surface area contributed by atoms with Crippen LogP contribution < -0.4 is 0 Å². The number of nitrogens with one attached hydrogen (secondary N) is 1. The highest BCUT2D eigenvalue weighted by Gasteiger charge is 2.32. The normalized spacial score (nSPS) is 21.4. The van der Waals surface area contributed by atoms with E-state index in [1.54, 1.807) is 4.52 Å². The van der Waals surface area contributed by atoms with Crippen LogP contribution in [-0.4, -0.2) is 66.9 Å². The van der Waals surface area contributed by atoms with Gasteiger partial charge >= 0.3 is 0 Å². The quantitative estimate of drug-likeness (QED) is 0.434. The molecule has 2 aliphatic rings. The van der Waals surface area contributed by atoms with E-state index in [9.17, 15) is 5.11 Å². The van der Waals surface area contributed by atoms with Crippen LogP contribution in [0.25, 0.3) is 27.9 Å². The van der Waals surface area contributed by atoms with Gasteiger partial charge in [0.15, 0.2) is 5.65 Å². The maximum absolute atomic E-state index is 9.91. The first-order valence-corrected chi connectivity index (χ1v) is 12.8. The molecular formula is C27H34N6O2. The Morgan fingerprint density at radius 3 is 2.66 bits per heavy atom. The largest absolute Gasteiger partial charge is 0.392 e. The molecule has 0 radical (unpaired) electrons. The van der Waals surface area contributed by atoms with Gasteiger partial charge in [0.25, 0.3) is 0 Å². The van der Waals surface area contributed by atoms with Crippen molar-refractivity contribution in [1.29, 1.82) is 0 Å². The molecule has 0 amide bonds. The molecule has 4 aromatic rings. The van der Waals surface area contributed by atoms with Crippen molar-refractivity contribution in [2.24, 2.45) is 0 Å². The second-order valence-corrected chi connectivity index (χ2v) is 10.5. The van der Waals surface area contributed by atoms with Crippen LogP contribution in [0, 0.1) is 0 Å². The number of aromatic nitrogens is 5. The molecule has 4 aromatic heterocycles. The molecule has 184 valence electrons. The number of ether oxygens (including phenoxy) is 1. The fourth-order valence-corrected chi connectivity index (χ4v) is 5.90. The van der Waals surface area contributed by atoms with Gasteiger partial charge in [-0.05, 0) is 56.8 Å². The molecule has 0 bridgehead atoms. The summed E-state index contributed by atoms with van der Waals surface area (Å²) in [6.07, 6.45) is 8.29. The lowest BCUT2D eigenvalue weighted by molar-refractivity contribution is -0.0739. The lowest BCUT2D eigenvalue weighted by Crippen LogP contribution is -2.52. The van der Waals surface area contributed by atoms with E-state index in [0.717, 1.165) is 41.1 Å². The summed E-state index contributed by atoms with van der Waals surface area (Å²) in [5.41, 5.74) is 8.00. The molecule has 0 unspecified atom stereocenters. The summed E-state index contributed by atoms with van der Waals surface area (Å²) in [6.45, 7) is 6.11. The van der Waals surface area contributed by atoms with Crippen LogP contribution in [0.15, 0.2) is 30.7 Å². The summed E-state index contributed by atoms with van der Waals surface area (Å²) in [7, 11) is 2.26. The minimum Gasteiger partial charge on any atom is -0.392 e. The topological polar surface area (TPSA) is 91.6 Å². The molecule has 1 saturated heterocycles. The Balaban J connectivity index is 1.32. The van der Waals surface area contributed by atoms with E-state index >= 15 is 0 Å². The number of likely N-dealkylation sites (N-methyl/N-ethyl adjacent to an activating group) is 1. The van der Waals surface area contributed by atoms with Gasteiger partial charge in [-0.25, -0.2) is 9.50 Å². The van der Waals surface area contributed by atoms with E-state index in [1.165, 1.54) is 43.3 Å². The molecule has 0 spiro atoms. The average molecular weight is 475 g/mol. The molecule has 5 heterocycles. The zero-order valence-corrected chi connectivity index (χ0v) is 20.7. The molecular weight excluding hydrogens is 440 g/mol. The third-order valence-electron chi connectivity index (χ3n) is 8.08. The van der Waals surface area contributed by atoms with Crippen LogP contribution in [0.5, 0.6) is 0 Å². The number of rotatable bonds is 6. The number of hydrogen-bond donors (Lipinski definition) is 2. The van der Waals surface area contributed by atoms with Gasteiger partial charge in [0.05, 0.1) is 42.6 Å². The van der Waals surface area contributed by atoms with Crippen molar-refractivity contribution in [3.05, 3.63) is 47.5 Å². The second kappa shape index (κ2) is 9.00. The summed E-state index contributed by atoms with van der Waals surface area (Å²) < 4.78 is 7.13. The molecule has 0 aromatic carbocycles. The molecule has 8 heteroatoms. The smallest absolute Gasteiger partial charge is 0.160 e. The molecule has 8 nitrogen and oxygen atoms in total. The number of pyridine rings is 2. The SMILES string of the molecule is CC(C)c1c(-c2cc(CO)c3ncnn3c2)[nH]c2ccc(C3CCC(N(C)C4COC4)CC3)nc12. The summed E-state index contributed by atoms with van der Waals surface area (Å²) >= 11 is 0. The Morgan fingerprint density at radius 2 is 1.97 bits per heavy atom. The fourth-order valence-electron chi connectivity index (χ4n) is 5.90. The second-order valence-electron chi connectivity index (χ2n) is 10.5. The first-order chi connectivity index (χ1) is 17.0. The Bertz CT molecular complexity index is 1350. The maximum atomic E-state index is 9.91. The fraction of sp³-hybridized carbons (Fsp3) is 0.519. The van der Waals surface area contributed by atoms with Crippen molar-refractivity contribution >= 4 is 16.7 Å². The number of fused-ring (bicyclic) bond motifs is 2. The number of H-pyrrole nitrogens is 1. The Kier molecular flexibility index (Phi) is 5.82. The third kappa shape index (κ3) is 3.93. The van der Waals surface area contributed by atoms with Crippen LogP contribution in [0.2, 0.25) is 0 Å². The third-order valence-corrected chi connectivity index (χ3v) is 8.08. The molecule has 2 fully saturated rings. The van der Waals surface area contributed by atoms with E-state index < -0.39 is 0 Å². The van der Waals surface area contributed by atoms with E-state index in [4.69, 9.17) is 9.72 Å². The number of aliphatic hydroxyl groups is 1. The molecule has 1 aliphatic carbocycles. The van der Waals surface area contributed by atoms with Crippen molar-refractivity contribution < 1.29 is 9.84 Å². The van der Waals surface area contributed by atoms with Crippen molar-refractivity contribution in [3.63, 3.8) is 0 Å². The molecule has 35 heavy (non-hydrogen) atoms. The lowest BCUT2D eigenvalue weighted by atomic mass is 9.82. The summed E-state index contributed by atoms with van der Waals surface area (Å²) in [5, 5.41) is 14.2. The number of nitrogens with zero attached hydrogens (tertiary/aromatic N) is 5. The van der Waals surface area contributed by atoms with Gasteiger partial charge in [-0.3, -0.25) is 9.88 Å². The first-order valence-electron chi connectivity index (χ1n) is 12.8. The molecule has 1 saturated carbocycles. The van der Waals surface area contributed by atoms with Crippen LogP contribution in [0.4, 0.5) is 0 Å². The molecule has 1 aliphatic heterocycles. The predicted molar refractivity (Wildman–Crippen MR) is 135 cm³/mol. The zero-order valence-electron chi connectivity index (χ0n) is 20.7. The predicted octanol–water partition coefficient (Wildman–Crippen LogP) is 4.25. The Labute approximate surface area is 205 Å². The van der Waals surface area contributed by atoms with E-state index in [1.807, 2.05) is 12.3 Å². The Hall–Kier alpha value is -2.81. The first kappa shape index (κ1) is 22.6. The van der Waals surface area contributed by atoms with E-state index in [-0.39, 0.29) is 6.61 Å². The summed E-state index contributed by atoms with van der Waals surface area (Å²) in [5.74, 6) is 0.798. The van der Waals surface area contributed by atoms with Gasteiger partial charge < -0.3 is 14.8 Å². The monoisotopic (exact) mass is 474 g/mol. The van der Waals surface area contributed by atoms with Gasteiger partial charge in [-0.2, -0.15) is 5.10 Å². The van der Waals surface area contributed by atoms with E-state index in [2.05, 4.69) is 53.0 Å². The molecule has 6 rings (SSSR count). The van der Waals surface area contributed by atoms with Crippen molar-refractivity contribution in [3.8, 4) is 11.3 Å². The highest BCUT2D eigenvalue weighted by atomic mass is 16.5. The van der Waals surface area contributed by atoms with Crippen LogP contribution >= 0.6 is 0 Å². The van der Waals surface area contributed by atoms with Gasteiger partial charge in [0, 0.05) is 40.5 Å². The Morgan fingerprint density at radius 1 is 1.17 bits per heavy atom. The number of aliphatic hydroxyl groups excluding tert-OH is 1. The van der Waals surface area contributed by atoms with Gasteiger partial charge in [-0.15, -0.1) is 0 Å². The van der Waals surface area contributed by atoms with Crippen molar-refractivity contribution in [2.75, 3.05) is 20.3 Å². The van der Waals surface area contributed by atoms with Crippen molar-refractivity contribution in [2.45, 2.75) is 70.1 Å². The highest BCUT2D eigenvalue weighted by Crippen LogP contribution is 2.39. The van der Waals surface area contributed by atoms with E-state index in [0.29, 0.717) is 29.6 Å². The summed E-state index contributed by atoms with van der Waals surface area (Å²) in [4.78, 5) is 15.7. The molecule has 0 atom stereocenters. The lowest BCUT2D eigenvalue weighted by Gasteiger charge is -2.42. The minimum absolute atomic E-state index is 0.0820. The van der Waals surface area contributed by atoms with Gasteiger partial charge in [0.2, 0.25) is 0 Å². The maximum Gasteiger partial charge on any atom is 0.160 e. The van der Waals surface area contributed by atoms with Crippen LogP contribution in [0.3, 0.4) is 0 Å².